The van der Waals surface area contributed by atoms with Crippen LogP contribution in [-0.4, -0.2) is 48.4 Å². The van der Waals surface area contributed by atoms with Crippen LogP contribution in [0.25, 0.3) is 0 Å². The number of benzene rings is 2. The molecular weight excluding hydrogens is 592 g/mol. The van der Waals surface area contributed by atoms with Crippen LogP contribution in [-0.2, 0) is 31.4 Å². The number of hydrogen-bond donors (Lipinski definition) is 0. The summed E-state index contributed by atoms with van der Waals surface area (Å²) >= 11 is 0. The molecule has 242 valence electrons. The molecule has 2 aromatic rings. The average molecular weight is 630 g/mol. The number of ether oxygens (including phenoxy) is 3. The summed E-state index contributed by atoms with van der Waals surface area (Å²) in [7, 11) is 0. The summed E-state index contributed by atoms with van der Waals surface area (Å²) in [6.07, 6.45) is -11.0. The minimum atomic E-state index is -5.02. The maximum atomic E-state index is 13.3. The van der Waals surface area contributed by atoms with E-state index >= 15 is 0 Å². The van der Waals surface area contributed by atoms with Gasteiger partial charge in [0.05, 0.1) is 17.2 Å². The molecule has 1 saturated heterocycles. The van der Waals surface area contributed by atoms with Crippen molar-refractivity contribution in [1.29, 1.82) is 0 Å². The predicted molar refractivity (Wildman–Crippen MR) is 149 cm³/mol. The normalized spacial score (nSPS) is 23.2. The van der Waals surface area contributed by atoms with Crippen molar-refractivity contribution in [3.8, 4) is 0 Å². The second kappa shape index (κ2) is 12.6. The minimum absolute atomic E-state index is 0.0169. The van der Waals surface area contributed by atoms with E-state index in [0.717, 1.165) is 17.5 Å². The van der Waals surface area contributed by atoms with Gasteiger partial charge in [-0.05, 0) is 94.2 Å². The van der Waals surface area contributed by atoms with E-state index in [1.165, 1.54) is 6.92 Å². The van der Waals surface area contributed by atoms with Gasteiger partial charge in [0, 0.05) is 19.0 Å². The molecule has 2 aliphatic rings. The standard InChI is InChI=1S/C32H37F6NO5/c1-18-8-6-7-9-24(18)28-25-16-39(29(41)44-30(3,4)5)15-20(25)10-11-26(28)42-17-27(40)43-19(2)21-12-22(31(33,34)35)14-23(13-21)32(36,37)38/h6-9,12-14,19-20,25-26,28H,10-11,15-17H2,1-5H3/t19-,20?,25?,26-,28-/m1/s1. The Morgan fingerprint density at radius 1 is 0.932 bits per heavy atom. The van der Waals surface area contributed by atoms with Crippen LogP contribution in [0.3, 0.4) is 0 Å². The highest BCUT2D eigenvalue weighted by molar-refractivity contribution is 5.71. The fourth-order valence-electron chi connectivity index (χ4n) is 6.18. The molecule has 0 radical (unpaired) electrons. The van der Waals surface area contributed by atoms with Crippen LogP contribution < -0.4 is 0 Å². The van der Waals surface area contributed by atoms with Gasteiger partial charge in [0.1, 0.15) is 18.3 Å². The van der Waals surface area contributed by atoms with Crippen LogP contribution in [0.4, 0.5) is 31.1 Å². The number of rotatable bonds is 6. The number of hydrogen-bond acceptors (Lipinski definition) is 5. The Labute approximate surface area is 252 Å². The van der Waals surface area contributed by atoms with Gasteiger partial charge in [-0.2, -0.15) is 26.3 Å². The van der Waals surface area contributed by atoms with E-state index in [1.807, 2.05) is 31.2 Å². The van der Waals surface area contributed by atoms with Gasteiger partial charge >= 0.3 is 24.4 Å². The quantitative estimate of drug-likeness (QED) is 0.239. The highest BCUT2D eigenvalue weighted by Crippen LogP contribution is 2.47. The Bertz CT molecular complexity index is 1320. The molecule has 12 heteroatoms. The van der Waals surface area contributed by atoms with Crippen LogP contribution in [0.1, 0.15) is 80.4 Å². The molecule has 0 N–H and O–H groups in total. The number of carbonyl (C=O) groups excluding carboxylic acids is 2. The van der Waals surface area contributed by atoms with Gasteiger partial charge in [-0.15, -0.1) is 0 Å². The van der Waals surface area contributed by atoms with Gasteiger partial charge in [-0.3, -0.25) is 0 Å². The van der Waals surface area contributed by atoms with Crippen molar-refractivity contribution in [3.05, 3.63) is 70.3 Å². The van der Waals surface area contributed by atoms with E-state index in [1.54, 1.807) is 25.7 Å². The highest BCUT2D eigenvalue weighted by atomic mass is 19.4. The molecule has 6 nitrogen and oxygen atoms in total. The third kappa shape index (κ3) is 8.05. The molecule has 2 aromatic carbocycles. The zero-order valence-corrected chi connectivity index (χ0v) is 25.2. The van der Waals surface area contributed by atoms with Crippen molar-refractivity contribution in [2.75, 3.05) is 19.7 Å². The van der Waals surface area contributed by atoms with Crippen LogP contribution in [0, 0.1) is 18.8 Å². The summed E-state index contributed by atoms with van der Waals surface area (Å²) < 4.78 is 96.7. The fourth-order valence-corrected chi connectivity index (χ4v) is 6.18. The third-order valence-electron chi connectivity index (χ3n) is 8.18. The summed E-state index contributed by atoms with van der Waals surface area (Å²) in [4.78, 5) is 27.4. The van der Waals surface area contributed by atoms with Crippen molar-refractivity contribution < 1.29 is 50.1 Å². The second-order valence-electron chi connectivity index (χ2n) is 12.6. The lowest BCUT2D eigenvalue weighted by atomic mass is 9.68. The molecule has 1 amide bonds. The van der Waals surface area contributed by atoms with Gasteiger partial charge < -0.3 is 19.1 Å². The lowest BCUT2D eigenvalue weighted by molar-refractivity contribution is -0.157. The van der Waals surface area contributed by atoms with E-state index in [2.05, 4.69) is 0 Å². The van der Waals surface area contributed by atoms with E-state index in [4.69, 9.17) is 14.2 Å². The predicted octanol–water partition coefficient (Wildman–Crippen LogP) is 8.08. The molecule has 44 heavy (non-hydrogen) atoms. The molecule has 5 atom stereocenters. The lowest BCUT2D eigenvalue weighted by Gasteiger charge is -2.40. The molecule has 1 aliphatic carbocycles. The van der Waals surface area contributed by atoms with E-state index in [9.17, 15) is 35.9 Å². The number of nitrogens with zero attached hydrogens (tertiary/aromatic N) is 1. The molecule has 0 spiro atoms. The SMILES string of the molecule is Cc1ccccc1[C@@H]1C2CN(C(=O)OC(C)(C)C)CC2CC[C@H]1OCC(=O)O[C@H](C)c1cc(C(F)(F)F)cc(C(F)(F)F)c1. The summed E-state index contributed by atoms with van der Waals surface area (Å²) in [6, 6.07) is 8.88. The maximum Gasteiger partial charge on any atom is 0.416 e. The monoisotopic (exact) mass is 629 g/mol. The molecule has 4 rings (SSSR count). The molecule has 0 bridgehead atoms. The first-order chi connectivity index (χ1) is 20.3. The van der Waals surface area contributed by atoms with E-state index < -0.39 is 65.5 Å². The zero-order valence-electron chi connectivity index (χ0n) is 25.2. The molecular formula is C32H37F6NO5. The van der Waals surface area contributed by atoms with Crippen molar-refractivity contribution in [3.63, 3.8) is 0 Å². The van der Waals surface area contributed by atoms with Crippen LogP contribution in [0.5, 0.6) is 0 Å². The Morgan fingerprint density at radius 3 is 2.11 bits per heavy atom. The largest absolute Gasteiger partial charge is 0.456 e. The number of likely N-dealkylation sites (tertiary alicyclic amines) is 1. The van der Waals surface area contributed by atoms with Crippen molar-refractivity contribution >= 4 is 12.1 Å². The highest BCUT2D eigenvalue weighted by Gasteiger charge is 2.48. The summed E-state index contributed by atoms with van der Waals surface area (Å²) in [6.45, 7) is 9.01. The van der Waals surface area contributed by atoms with Crippen molar-refractivity contribution in [2.24, 2.45) is 11.8 Å². The number of fused-ring (bicyclic) bond motifs is 1. The van der Waals surface area contributed by atoms with Gasteiger partial charge in [0.15, 0.2) is 0 Å². The first-order valence-corrected chi connectivity index (χ1v) is 14.5. The van der Waals surface area contributed by atoms with Crippen LogP contribution >= 0.6 is 0 Å². The number of esters is 1. The zero-order chi connectivity index (χ0) is 32.6. The number of carbonyl (C=O) groups is 2. The maximum absolute atomic E-state index is 13.3. The van der Waals surface area contributed by atoms with E-state index in [-0.39, 0.29) is 23.8 Å². The average Bonchev–Trinajstić information content (AvgIpc) is 3.35. The number of amides is 1. The van der Waals surface area contributed by atoms with Gasteiger partial charge in [-0.25, -0.2) is 9.59 Å². The molecule has 2 fully saturated rings. The summed E-state index contributed by atoms with van der Waals surface area (Å²) in [5.41, 5.74) is -2.03. The fraction of sp³-hybridized carbons (Fsp3) is 0.562. The summed E-state index contributed by atoms with van der Waals surface area (Å²) in [5, 5.41) is 0. The first kappa shape index (κ1) is 33.6. The van der Waals surface area contributed by atoms with E-state index in [0.29, 0.717) is 31.6 Å². The Morgan fingerprint density at radius 2 is 1.55 bits per heavy atom. The van der Waals surface area contributed by atoms with Crippen LogP contribution in [0.15, 0.2) is 42.5 Å². The van der Waals surface area contributed by atoms with Gasteiger partial charge in [-0.1, -0.05) is 24.3 Å². The Hall–Kier alpha value is -3.28. The molecule has 1 aliphatic heterocycles. The van der Waals surface area contributed by atoms with Crippen molar-refractivity contribution in [2.45, 2.75) is 83.5 Å². The van der Waals surface area contributed by atoms with Gasteiger partial charge in [0.25, 0.3) is 0 Å². The van der Waals surface area contributed by atoms with Gasteiger partial charge in [0.2, 0.25) is 0 Å². The Kier molecular flexibility index (Phi) is 9.63. The Balaban J connectivity index is 1.49. The number of alkyl halides is 6. The summed E-state index contributed by atoms with van der Waals surface area (Å²) in [5.74, 6) is -0.896. The number of aryl methyl sites for hydroxylation is 1. The molecule has 1 heterocycles. The lowest BCUT2D eigenvalue weighted by Crippen LogP contribution is -2.39. The third-order valence-corrected chi connectivity index (χ3v) is 8.18. The molecule has 0 aromatic heterocycles. The number of halogens is 6. The minimum Gasteiger partial charge on any atom is -0.456 e. The smallest absolute Gasteiger partial charge is 0.416 e. The molecule has 2 unspecified atom stereocenters. The first-order valence-electron chi connectivity index (χ1n) is 14.5. The van der Waals surface area contributed by atoms with Crippen LogP contribution in [0.2, 0.25) is 0 Å². The molecule has 1 saturated carbocycles. The second-order valence-corrected chi connectivity index (χ2v) is 12.6. The topological polar surface area (TPSA) is 65.1 Å². The van der Waals surface area contributed by atoms with Crippen molar-refractivity contribution in [1.82, 2.24) is 4.90 Å².